The maximum atomic E-state index is 9.08. The number of rotatable bonds is 3. The highest BCUT2D eigenvalue weighted by atomic mass is 35.5. The van der Waals surface area contributed by atoms with Gasteiger partial charge in [-0.2, -0.15) is 0 Å². The smallest absolute Gasteiger partial charge is 0.162 e. The lowest BCUT2D eigenvalue weighted by Crippen LogP contribution is -2.24. The fourth-order valence-electron chi connectivity index (χ4n) is 1.57. The number of nitrogens with zero attached hydrogens (tertiary/aromatic N) is 1. The van der Waals surface area contributed by atoms with E-state index in [2.05, 4.69) is 5.16 Å². The summed E-state index contributed by atoms with van der Waals surface area (Å²) in [5.41, 5.74) is 1.66. The van der Waals surface area contributed by atoms with Gasteiger partial charge < -0.3 is 14.4 Å². The van der Waals surface area contributed by atoms with Gasteiger partial charge in [-0.25, -0.2) is 0 Å². The summed E-state index contributed by atoms with van der Waals surface area (Å²) >= 11 is 5.72. The quantitative estimate of drug-likeness (QED) is 0.775. The Morgan fingerprint density at radius 2 is 2.43 bits per heavy atom. The van der Waals surface area contributed by atoms with Gasteiger partial charge in [-0.3, -0.25) is 0 Å². The van der Waals surface area contributed by atoms with Gasteiger partial charge in [0.05, 0.1) is 36.6 Å². The molecule has 0 radical (unpaired) electrons. The first-order chi connectivity index (χ1) is 6.86. The second kappa shape index (κ2) is 4.02. The van der Waals surface area contributed by atoms with Crippen molar-refractivity contribution in [3.63, 3.8) is 0 Å². The minimum atomic E-state index is -0.346. The van der Waals surface area contributed by atoms with E-state index in [0.29, 0.717) is 5.88 Å². The van der Waals surface area contributed by atoms with Gasteiger partial charge in [0.25, 0.3) is 0 Å². The topological polar surface area (TPSA) is 55.0 Å². The molecular formula is C9H10ClNO3. The normalized spacial score (nSPS) is 26.0. The molecule has 0 aromatic carbocycles. The molecule has 1 aliphatic heterocycles. The number of hydrogen-bond acceptors (Lipinski definition) is 4. The average molecular weight is 216 g/mol. The zero-order valence-corrected chi connectivity index (χ0v) is 8.15. The Bertz CT molecular complexity index is 323. The molecular weight excluding hydrogens is 206 g/mol. The SMILES string of the molecule is OCC1ON=C(CCl)C1c1ccoc1. The van der Waals surface area contributed by atoms with Crippen molar-refractivity contribution in [1.29, 1.82) is 0 Å². The summed E-state index contributed by atoms with van der Waals surface area (Å²) in [5.74, 6) is 0.211. The van der Waals surface area contributed by atoms with Crippen LogP contribution in [0.3, 0.4) is 0 Å². The Labute approximate surface area is 86.1 Å². The highest BCUT2D eigenvalue weighted by Crippen LogP contribution is 2.29. The molecule has 2 rings (SSSR count). The van der Waals surface area contributed by atoms with Crippen LogP contribution in [0.5, 0.6) is 0 Å². The molecule has 5 heteroatoms. The first-order valence-corrected chi connectivity index (χ1v) is 4.81. The summed E-state index contributed by atoms with van der Waals surface area (Å²) in [6.07, 6.45) is 2.85. The summed E-state index contributed by atoms with van der Waals surface area (Å²) in [6.45, 7) is -0.0836. The lowest BCUT2D eigenvalue weighted by atomic mass is 9.92. The van der Waals surface area contributed by atoms with Gasteiger partial charge in [0.2, 0.25) is 0 Å². The van der Waals surface area contributed by atoms with E-state index in [1.807, 2.05) is 6.07 Å². The molecule has 76 valence electrons. The maximum Gasteiger partial charge on any atom is 0.162 e. The minimum Gasteiger partial charge on any atom is -0.472 e. The van der Waals surface area contributed by atoms with E-state index in [1.54, 1.807) is 12.5 Å². The molecule has 4 nitrogen and oxygen atoms in total. The predicted molar refractivity (Wildman–Crippen MR) is 51.6 cm³/mol. The summed E-state index contributed by atoms with van der Waals surface area (Å²) in [4.78, 5) is 5.05. The van der Waals surface area contributed by atoms with E-state index in [4.69, 9.17) is 26.0 Å². The molecule has 14 heavy (non-hydrogen) atoms. The number of aliphatic hydroxyl groups is 1. The van der Waals surface area contributed by atoms with Gasteiger partial charge in [0.15, 0.2) is 6.10 Å². The third-order valence-corrected chi connectivity index (χ3v) is 2.53. The molecule has 1 N–H and O–H groups in total. The third-order valence-electron chi connectivity index (χ3n) is 2.26. The third kappa shape index (κ3) is 1.51. The van der Waals surface area contributed by atoms with Crippen LogP contribution in [0.1, 0.15) is 11.5 Å². The van der Waals surface area contributed by atoms with Crippen molar-refractivity contribution in [3.05, 3.63) is 24.2 Å². The molecule has 2 heterocycles. The Balaban J connectivity index is 2.25. The lowest BCUT2D eigenvalue weighted by Gasteiger charge is -2.13. The van der Waals surface area contributed by atoms with E-state index in [1.165, 1.54) is 0 Å². The van der Waals surface area contributed by atoms with Crippen LogP contribution in [0.15, 0.2) is 28.2 Å². The largest absolute Gasteiger partial charge is 0.472 e. The monoisotopic (exact) mass is 215 g/mol. The van der Waals surface area contributed by atoms with Crippen LogP contribution in [0, 0.1) is 0 Å². The van der Waals surface area contributed by atoms with E-state index < -0.39 is 0 Å². The van der Waals surface area contributed by atoms with Crippen LogP contribution < -0.4 is 0 Å². The number of alkyl halides is 1. The number of halogens is 1. The van der Waals surface area contributed by atoms with E-state index >= 15 is 0 Å². The number of hydrogen-bond donors (Lipinski definition) is 1. The standard InChI is InChI=1S/C9H10ClNO3/c10-3-7-9(6-1-2-13-5-6)8(4-12)14-11-7/h1-2,5,8-9,12H,3-4H2. The fourth-order valence-corrected chi connectivity index (χ4v) is 1.79. The van der Waals surface area contributed by atoms with Crippen molar-refractivity contribution >= 4 is 17.3 Å². The van der Waals surface area contributed by atoms with Crippen molar-refractivity contribution in [3.8, 4) is 0 Å². The van der Waals surface area contributed by atoms with E-state index in [-0.39, 0.29) is 18.6 Å². The van der Waals surface area contributed by atoms with Gasteiger partial charge in [0.1, 0.15) is 0 Å². The predicted octanol–water partition coefficient (Wildman–Crippen LogP) is 1.35. The molecule has 1 aliphatic rings. The first-order valence-electron chi connectivity index (χ1n) is 4.28. The van der Waals surface area contributed by atoms with Crippen molar-refractivity contribution in [2.45, 2.75) is 12.0 Å². The first kappa shape index (κ1) is 9.55. The summed E-state index contributed by atoms with van der Waals surface area (Å²) in [7, 11) is 0. The molecule has 2 unspecified atom stereocenters. The highest BCUT2D eigenvalue weighted by molar-refractivity contribution is 6.29. The fraction of sp³-hybridized carbons (Fsp3) is 0.444. The number of aliphatic hydroxyl groups excluding tert-OH is 1. The minimum absolute atomic E-state index is 0.0836. The molecule has 0 saturated heterocycles. The summed E-state index contributed by atoms with van der Waals surface area (Å²) < 4.78 is 4.98. The van der Waals surface area contributed by atoms with Gasteiger partial charge in [-0.15, -0.1) is 11.6 Å². The van der Waals surface area contributed by atoms with Gasteiger partial charge in [0, 0.05) is 5.56 Å². The van der Waals surface area contributed by atoms with Crippen molar-refractivity contribution in [2.24, 2.45) is 5.16 Å². The van der Waals surface area contributed by atoms with E-state index in [0.717, 1.165) is 11.3 Å². The summed E-state index contributed by atoms with van der Waals surface area (Å²) in [6, 6.07) is 1.82. The molecule has 2 atom stereocenters. The molecule has 1 aromatic heterocycles. The van der Waals surface area contributed by atoms with Gasteiger partial charge in [-0.05, 0) is 6.07 Å². The van der Waals surface area contributed by atoms with Gasteiger partial charge >= 0.3 is 0 Å². The lowest BCUT2D eigenvalue weighted by molar-refractivity contribution is 0.0307. The Hall–Kier alpha value is -1.00. The molecule has 0 aliphatic carbocycles. The van der Waals surface area contributed by atoms with Crippen LogP contribution in [0.25, 0.3) is 0 Å². The van der Waals surface area contributed by atoms with Crippen LogP contribution in [-0.2, 0) is 4.84 Å². The van der Waals surface area contributed by atoms with Crippen molar-refractivity contribution in [2.75, 3.05) is 12.5 Å². The van der Waals surface area contributed by atoms with Crippen molar-refractivity contribution < 1.29 is 14.4 Å². The number of furan rings is 1. The van der Waals surface area contributed by atoms with Crippen LogP contribution in [0.4, 0.5) is 0 Å². The zero-order chi connectivity index (χ0) is 9.97. The average Bonchev–Trinajstić information content (AvgIpc) is 2.85. The van der Waals surface area contributed by atoms with Crippen LogP contribution in [-0.4, -0.2) is 29.4 Å². The summed E-state index contributed by atoms with van der Waals surface area (Å²) in [5, 5.41) is 12.9. The highest BCUT2D eigenvalue weighted by Gasteiger charge is 2.34. The molecule has 0 amide bonds. The maximum absolute atomic E-state index is 9.08. The second-order valence-corrected chi connectivity index (χ2v) is 3.34. The van der Waals surface area contributed by atoms with Crippen molar-refractivity contribution in [1.82, 2.24) is 0 Å². The molecule has 0 spiro atoms. The zero-order valence-electron chi connectivity index (χ0n) is 7.39. The molecule has 0 bridgehead atoms. The Morgan fingerprint density at radius 3 is 3.00 bits per heavy atom. The molecule has 1 aromatic rings. The Kier molecular flexibility index (Phi) is 2.74. The van der Waals surface area contributed by atoms with Crippen LogP contribution in [0.2, 0.25) is 0 Å². The second-order valence-electron chi connectivity index (χ2n) is 3.08. The van der Waals surface area contributed by atoms with E-state index in [9.17, 15) is 0 Å². The molecule has 0 saturated carbocycles. The Morgan fingerprint density at radius 1 is 1.57 bits per heavy atom. The molecule has 0 fully saturated rings. The number of oxime groups is 1. The van der Waals surface area contributed by atoms with Gasteiger partial charge in [-0.1, -0.05) is 5.16 Å². The van der Waals surface area contributed by atoms with Crippen LogP contribution >= 0.6 is 11.6 Å².